The van der Waals surface area contributed by atoms with Gasteiger partial charge in [0.2, 0.25) is 5.91 Å². The summed E-state index contributed by atoms with van der Waals surface area (Å²) in [6, 6.07) is 0. The van der Waals surface area contributed by atoms with Crippen LogP contribution in [0.3, 0.4) is 0 Å². The van der Waals surface area contributed by atoms with Crippen molar-refractivity contribution >= 4 is 5.91 Å². The zero-order valence-corrected chi connectivity index (χ0v) is 9.30. The molecule has 15 heavy (non-hydrogen) atoms. The Bertz CT molecular complexity index is 314. The molecule has 0 unspecified atom stereocenters. The summed E-state index contributed by atoms with van der Waals surface area (Å²) in [5.74, 6) is 0.365. The maximum Gasteiger partial charge on any atom is 0.249 e. The van der Waals surface area contributed by atoms with Crippen LogP contribution in [0.2, 0.25) is 0 Å². The predicted molar refractivity (Wildman–Crippen MR) is 59.5 cm³/mol. The van der Waals surface area contributed by atoms with Gasteiger partial charge in [-0.3, -0.25) is 4.79 Å². The van der Waals surface area contributed by atoms with E-state index in [0.717, 1.165) is 25.0 Å². The molecule has 1 aliphatic heterocycles. The van der Waals surface area contributed by atoms with E-state index in [0.29, 0.717) is 11.4 Å². The Labute approximate surface area is 91.3 Å². The van der Waals surface area contributed by atoms with Crippen molar-refractivity contribution in [3.8, 4) is 0 Å². The second-order valence-corrected chi connectivity index (χ2v) is 5.26. The van der Waals surface area contributed by atoms with Gasteiger partial charge in [-0.1, -0.05) is 6.08 Å². The molecular formula is C13H19NO. The molecule has 2 aliphatic carbocycles. The van der Waals surface area contributed by atoms with Crippen molar-refractivity contribution in [1.29, 1.82) is 0 Å². The van der Waals surface area contributed by atoms with Gasteiger partial charge in [0.15, 0.2) is 0 Å². The van der Waals surface area contributed by atoms with Gasteiger partial charge in [0.1, 0.15) is 0 Å². The molecular weight excluding hydrogens is 186 g/mol. The largest absolute Gasteiger partial charge is 0.333 e. The van der Waals surface area contributed by atoms with Gasteiger partial charge >= 0.3 is 0 Å². The maximum atomic E-state index is 12.3. The molecule has 0 atom stereocenters. The van der Waals surface area contributed by atoms with Crippen LogP contribution in [0.25, 0.3) is 0 Å². The zero-order chi connectivity index (χ0) is 10.3. The average Bonchev–Trinajstić information content (AvgIpc) is 2.84. The minimum absolute atomic E-state index is 0.306. The monoisotopic (exact) mass is 205 g/mol. The third-order valence-corrected chi connectivity index (χ3v) is 4.44. The molecule has 3 aliphatic rings. The van der Waals surface area contributed by atoms with Crippen LogP contribution in [0.4, 0.5) is 0 Å². The number of likely N-dealkylation sites (tertiary alicyclic amines) is 1. The van der Waals surface area contributed by atoms with Crippen LogP contribution in [0, 0.1) is 0 Å². The van der Waals surface area contributed by atoms with Gasteiger partial charge in [0.25, 0.3) is 0 Å². The molecule has 2 fully saturated rings. The Balaban J connectivity index is 1.78. The fraction of sp³-hybridized carbons (Fsp3) is 0.769. The lowest BCUT2D eigenvalue weighted by atomic mass is 9.74. The fourth-order valence-electron chi connectivity index (χ4n) is 3.40. The highest BCUT2D eigenvalue weighted by Crippen LogP contribution is 2.46. The smallest absolute Gasteiger partial charge is 0.249 e. The molecule has 82 valence electrons. The lowest BCUT2D eigenvalue weighted by Gasteiger charge is -2.46. The quantitative estimate of drug-likeness (QED) is 0.644. The van der Waals surface area contributed by atoms with Crippen molar-refractivity contribution < 1.29 is 4.79 Å². The van der Waals surface area contributed by atoms with Crippen molar-refractivity contribution in [2.75, 3.05) is 6.54 Å². The van der Waals surface area contributed by atoms with Gasteiger partial charge in [-0.2, -0.15) is 0 Å². The van der Waals surface area contributed by atoms with E-state index in [9.17, 15) is 4.79 Å². The molecule has 0 bridgehead atoms. The third-order valence-electron chi connectivity index (χ3n) is 4.44. The molecule has 3 rings (SSSR count). The summed E-state index contributed by atoms with van der Waals surface area (Å²) < 4.78 is 0. The van der Waals surface area contributed by atoms with Crippen molar-refractivity contribution in [1.82, 2.24) is 4.90 Å². The van der Waals surface area contributed by atoms with Gasteiger partial charge in [-0.15, -0.1) is 0 Å². The molecule has 0 aromatic rings. The van der Waals surface area contributed by atoms with Gasteiger partial charge in [0.05, 0.1) is 0 Å². The Hall–Kier alpha value is -0.790. The number of hydrogen-bond donors (Lipinski definition) is 0. The number of nitrogens with zero attached hydrogens (tertiary/aromatic N) is 1. The second-order valence-electron chi connectivity index (χ2n) is 5.26. The number of carbonyl (C=O) groups is 1. The van der Waals surface area contributed by atoms with E-state index in [2.05, 4.69) is 11.0 Å². The van der Waals surface area contributed by atoms with Gasteiger partial charge in [0, 0.05) is 17.7 Å². The Morgan fingerprint density at radius 2 is 2.00 bits per heavy atom. The summed E-state index contributed by atoms with van der Waals surface area (Å²) in [4.78, 5) is 14.5. The first-order valence-corrected chi connectivity index (χ1v) is 6.33. The number of allylic oxidation sites excluding steroid dienone is 1. The van der Waals surface area contributed by atoms with Crippen LogP contribution < -0.4 is 0 Å². The average molecular weight is 205 g/mol. The standard InChI is InChI=1S/C13H19NO/c15-12(11-5-1-2-6-11)14-10-4-9-13(14)7-3-8-13/h5H,1-4,6-10H2. The third kappa shape index (κ3) is 1.34. The maximum absolute atomic E-state index is 12.3. The van der Waals surface area contributed by atoms with Gasteiger partial charge < -0.3 is 4.90 Å². The minimum atomic E-state index is 0.306. The van der Waals surface area contributed by atoms with E-state index >= 15 is 0 Å². The topological polar surface area (TPSA) is 20.3 Å². The van der Waals surface area contributed by atoms with E-state index in [1.807, 2.05) is 0 Å². The highest BCUT2D eigenvalue weighted by Gasteiger charge is 2.48. The summed E-state index contributed by atoms with van der Waals surface area (Å²) in [6.45, 7) is 1.01. The van der Waals surface area contributed by atoms with E-state index < -0.39 is 0 Å². The first-order valence-electron chi connectivity index (χ1n) is 6.33. The Morgan fingerprint density at radius 3 is 2.60 bits per heavy atom. The van der Waals surface area contributed by atoms with Gasteiger partial charge in [-0.25, -0.2) is 0 Å². The molecule has 1 spiro atoms. The summed E-state index contributed by atoms with van der Waals surface area (Å²) in [5, 5.41) is 0. The molecule has 0 aromatic carbocycles. The molecule has 1 saturated heterocycles. The molecule has 0 aromatic heterocycles. The van der Waals surface area contributed by atoms with Crippen molar-refractivity contribution in [3.63, 3.8) is 0 Å². The number of rotatable bonds is 1. The van der Waals surface area contributed by atoms with E-state index in [-0.39, 0.29) is 0 Å². The Morgan fingerprint density at radius 1 is 1.20 bits per heavy atom. The summed E-state index contributed by atoms with van der Waals surface area (Å²) in [7, 11) is 0. The normalized spacial score (nSPS) is 28.0. The first kappa shape index (κ1) is 9.44. The van der Waals surface area contributed by atoms with Crippen LogP contribution >= 0.6 is 0 Å². The number of carbonyl (C=O) groups excluding carboxylic acids is 1. The molecule has 2 heteroatoms. The molecule has 1 amide bonds. The molecule has 0 N–H and O–H groups in total. The van der Waals surface area contributed by atoms with Crippen LogP contribution in [0.15, 0.2) is 11.6 Å². The summed E-state index contributed by atoms with van der Waals surface area (Å²) >= 11 is 0. The van der Waals surface area contributed by atoms with Crippen molar-refractivity contribution in [2.24, 2.45) is 0 Å². The van der Waals surface area contributed by atoms with E-state index in [1.165, 1.54) is 38.5 Å². The molecule has 1 heterocycles. The Kier molecular flexibility index (Phi) is 2.11. The summed E-state index contributed by atoms with van der Waals surface area (Å²) in [6.07, 6.45) is 11.8. The zero-order valence-electron chi connectivity index (χ0n) is 9.30. The first-order chi connectivity index (χ1) is 7.32. The van der Waals surface area contributed by atoms with Crippen LogP contribution in [-0.4, -0.2) is 22.9 Å². The number of hydrogen-bond acceptors (Lipinski definition) is 1. The lowest BCUT2D eigenvalue weighted by molar-refractivity contribution is -0.134. The summed E-state index contributed by atoms with van der Waals surface area (Å²) in [5.41, 5.74) is 1.41. The van der Waals surface area contributed by atoms with E-state index in [1.54, 1.807) is 0 Å². The molecule has 2 nitrogen and oxygen atoms in total. The van der Waals surface area contributed by atoms with Crippen LogP contribution in [0.1, 0.15) is 51.4 Å². The lowest BCUT2D eigenvalue weighted by Crippen LogP contribution is -2.52. The second kappa shape index (κ2) is 3.36. The highest BCUT2D eigenvalue weighted by atomic mass is 16.2. The number of amides is 1. The van der Waals surface area contributed by atoms with Crippen LogP contribution in [0.5, 0.6) is 0 Å². The molecule has 1 saturated carbocycles. The van der Waals surface area contributed by atoms with Crippen molar-refractivity contribution in [3.05, 3.63) is 11.6 Å². The minimum Gasteiger partial charge on any atom is -0.333 e. The fourth-order valence-corrected chi connectivity index (χ4v) is 3.40. The SMILES string of the molecule is O=C(C1=CCCC1)N1CCCC12CCC2. The highest BCUT2D eigenvalue weighted by molar-refractivity contribution is 5.94. The predicted octanol–water partition coefficient (Wildman–Crippen LogP) is 2.64. The molecule has 0 radical (unpaired) electrons. The van der Waals surface area contributed by atoms with Crippen LogP contribution in [-0.2, 0) is 4.79 Å². The van der Waals surface area contributed by atoms with E-state index in [4.69, 9.17) is 0 Å². The van der Waals surface area contributed by atoms with Gasteiger partial charge in [-0.05, 0) is 51.4 Å². The van der Waals surface area contributed by atoms with Crippen molar-refractivity contribution in [2.45, 2.75) is 56.9 Å².